The molecular weight excluding hydrogens is 452 g/mol. The van der Waals surface area contributed by atoms with Gasteiger partial charge in [-0.1, -0.05) is 12.1 Å². The fourth-order valence-electron chi connectivity index (χ4n) is 5.16. The number of carbonyl (C=O) groups is 1. The van der Waals surface area contributed by atoms with E-state index >= 15 is 0 Å². The van der Waals surface area contributed by atoms with Crippen LogP contribution in [0.4, 0.5) is 5.69 Å². The van der Waals surface area contributed by atoms with E-state index in [1.807, 2.05) is 43.5 Å². The number of imidazole rings is 1. The number of aryl methyl sites for hydroxylation is 1. The van der Waals surface area contributed by atoms with E-state index < -0.39 is 0 Å². The molecule has 184 valence electrons. The summed E-state index contributed by atoms with van der Waals surface area (Å²) in [5.74, 6) is -0.0609. The molecule has 0 bridgehead atoms. The van der Waals surface area contributed by atoms with Gasteiger partial charge in [-0.2, -0.15) is 0 Å². The number of hydrogen-bond acceptors (Lipinski definition) is 7. The molecule has 1 aromatic carbocycles. The lowest BCUT2D eigenvalue weighted by atomic mass is 9.80. The summed E-state index contributed by atoms with van der Waals surface area (Å²) in [6.07, 6.45) is 6.13. The highest BCUT2D eigenvalue weighted by Gasteiger charge is 2.37. The number of anilines is 1. The van der Waals surface area contributed by atoms with E-state index in [9.17, 15) is 4.79 Å². The molecule has 0 spiro atoms. The Kier molecular flexibility index (Phi) is 5.89. The Bertz CT molecular complexity index is 1410. The minimum absolute atomic E-state index is 0.0123. The zero-order chi connectivity index (χ0) is 24.6. The van der Waals surface area contributed by atoms with Crippen molar-refractivity contribution in [1.29, 1.82) is 0 Å². The first kappa shape index (κ1) is 22.7. The standard InChI is InChI=1S/C28H30N6O2/c1-17-4-3-5-25(32-17)27-26(30-16-31-27)18-6-7-24-19(10-18)11-22(14-29-24)33-21-12-20(13-21)28(35)36-23-8-9-34(2)15-23/h3-7,10-11,14,16,20-21,23,33H,8-9,12-13,15H2,1-2H3,(H,30,31)/t20?,21?,23-/m1/s1. The number of likely N-dealkylation sites (N-methyl/N-ethyl adjacent to an activating group) is 1. The van der Waals surface area contributed by atoms with Crippen LogP contribution in [0, 0.1) is 12.8 Å². The average molecular weight is 483 g/mol. The molecule has 1 saturated carbocycles. The molecule has 8 heteroatoms. The van der Waals surface area contributed by atoms with Crippen LogP contribution in [0.15, 0.2) is 55.0 Å². The summed E-state index contributed by atoms with van der Waals surface area (Å²) in [7, 11) is 2.06. The molecule has 1 saturated heterocycles. The second-order valence-corrected chi connectivity index (χ2v) is 10.0. The van der Waals surface area contributed by atoms with Gasteiger partial charge in [0.15, 0.2) is 0 Å². The summed E-state index contributed by atoms with van der Waals surface area (Å²) >= 11 is 0. The van der Waals surface area contributed by atoms with Gasteiger partial charge in [0.2, 0.25) is 0 Å². The van der Waals surface area contributed by atoms with E-state index in [1.54, 1.807) is 6.33 Å². The summed E-state index contributed by atoms with van der Waals surface area (Å²) in [4.78, 5) is 31.8. The number of aromatic amines is 1. The molecule has 2 fully saturated rings. The van der Waals surface area contributed by atoms with Gasteiger partial charge in [-0.15, -0.1) is 0 Å². The normalized spacial score (nSPS) is 21.9. The number of carbonyl (C=O) groups excluding carboxylic acids is 1. The monoisotopic (exact) mass is 482 g/mol. The van der Waals surface area contributed by atoms with Crippen molar-refractivity contribution in [3.8, 4) is 22.6 Å². The van der Waals surface area contributed by atoms with Gasteiger partial charge in [-0.3, -0.25) is 14.8 Å². The highest BCUT2D eigenvalue weighted by Crippen LogP contribution is 2.34. The smallest absolute Gasteiger partial charge is 0.309 e. The van der Waals surface area contributed by atoms with Crippen LogP contribution in [0.3, 0.4) is 0 Å². The fourth-order valence-corrected chi connectivity index (χ4v) is 5.16. The van der Waals surface area contributed by atoms with E-state index in [1.165, 1.54) is 0 Å². The summed E-state index contributed by atoms with van der Waals surface area (Å²) in [6, 6.07) is 14.5. The number of nitrogens with one attached hydrogen (secondary N) is 2. The predicted molar refractivity (Wildman–Crippen MR) is 139 cm³/mol. The Morgan fingerprint density at radius 3 is 2.86 bits per heavy atom. The lowest BCUT2D eigenvalue weighted by Gasteiger charge is -2.35. The van der Waals surface area contributed by atoms with Crippen molar-refractivity contribution in [1.82, 2.24) is 24.8 Å². The number of likely N-dealkylation sites (tertiary alicyclic amines) is 1. The van der Waals surface area contributed by atoms with Crippen molar-refractivity contribution >= 4 is 22.6 Å². The van der Waals surface area contributed by atoms with E-state index in [2.05, 4.69) is 49.3 Å². The van der Waals surface area contributed by atoms with Crippen molar-refractivity contribution in [2.45, 2.75) is 38.3 Å². The Hall–Kier alpha value is -3.78. The molecule has 6 rings (SSSR count). The number of hydrogen-bond donors (Lipinski definition) is 2. The molecule has 0 amide bonds. The van der Waals surface area contributed by atoms with Crippen molar-refractivity contribution < 1.29 is 9.53 Å². The van der Waals surface area contributed by atoms with Gasteiger partial charge < -0.3 is 19.9 Å². The van der Waals surface area contributed by atoms with E-state index in [0.717, 1.165) is 77.3 Å². The maximum absolute atomic E-state index is 12.5. The minimum atomic E-state index is -0.0486. The number of esters is 1. The molecule has 4 aromatic rings. The van der Waals surface area contributed by atoms with Crippen molar-refractivity contribution in [3.63, 3.8) is 0 Å². The molecule has 1 atom stereocenters. The predicted octanol–water partition coefficient (Wildman–Crippen LogP) is 4.43. The molecule has 2 N–H and O–H groups in total. The van der Waals surface area contributed by atoms with Crippen molar-refractivity contribution in [2.24, 2.45) is 5.92 Å². The number of fused-ring (bicyclic) bond motifs is 1. The van der Waals surface area contributed by atoms with Gasteiger partial charge in [0.25, 0.3) is 0 Å². The van der Waals surface area contributed by atoms with Crippen LogP contribution in [0.1, 0.15) is 25.0 Å². The van der Waals surface area contributed by atoms with Crippen LogP contribution >= 0.6 is 0 Å². The lowest BCUT2D eigenvalue weighted by molar-refractivity contribution is -0.156. The van der Waals surface area contributed by atoms with E-state index in [-0.39, 0.29) is 24.0 Å². The maximum atomic E-state index is 12.5. The average Bonchev–Trinajstić information content (AvgIpc) is 3.49. The number of pyridine rings is 2. The van der Waals surface area contributed by atoms with Gasteiger partial charge in [0.1, 0.15) is 6.10 Å². The highest BCUT2D eigenvalue weighted by atomic mass is 16.5. The number of ether oxygens (including phenoxy) is 1. The van der Waals surface area contributed by atoms with Gasteiger partial charge in [-0.25, -0.2) is 4.98 Å². The molecule has 4 heterocycles. The number of aromatic nitrogens is 4. The summed E-state index contributed by atoms with van der Waals surface area (Å²) in [5.41, 5.74) is 6.48. The third-order valence-corrected chi connectivity index (χ3v) is 7.21. The lowest BCUT2D eigenvalue weighted by Crippen LogP contribution is -2.41. The summed E-state index contributed by atoms with van der Waals surface area (Å²) in [6.45, 7) is 3.82. The van der Waals surface area contributed by atoms with Crippen molar-refractivity contribution in [3.05, 3.63) is 60.7 Å². The van der Waals surface area contributed by atoms with Crippen LogP contribution in [-0.4, -0.2) is 63.1 Å². The SMILES string of the molecule is Cc1cccc(-c2[nH]cnc2-c2ccc3ncc(NC4CC(C(=O)O[C@@H]5CCN(C)C5)C4)cc3c2)n1. The van der Waals surface area contributed by atoms with Gasteiger partial charge in [0, 0.05) is 35.8 Å². The van der Waals surface area contributed by atoms with Crippen LogP contribution < -0.4 is 5.32 Å². The molecule has 3 aromatic heterocycles. The Balaban J connectivity index is 1.14. The molecule has 1 aliphatic carbocycles. The fraction of sp³-hybridized carbons (Fsp3) is 0.357. The first-order valence-electron chi connectivity index (χ1n) is 12.5. The summed E-state index contributed by atoms with van der Waals surface area (Å²) in [5, 5.41) is 4.58. The third kappa shape index (κ3) is 4.56. The Labute approximate surface area is 210 Å². The molecule has 0 unspecified atom stereocenters. The molecule has 8 nitrogen and oxygen atoms in total. The Morgan fingerprint density at radius 2 is 2.06 bits per heavy atom. The van der Waals surface area contributed by atoms with Crippen molar-refractivity contribution in [2.75, 3.05) is 25.5 Å². The van der Waals surface area contributed by atoms with Crippen LogP contribution in [-0.2, 0) is 9.53 Å². The van der Waals surface area contributed by atoms with Gasteiger partial charge in [0.05, 0.1) is 46.7 Å². The second-order valence-electron chi connectivity index (χ2n) is 10.0. The first-order valence-corrected chi connectivity index (χ1v) is 12.5. The minimum Gasteiger partial charge on any atom is -0.461 e. The molecule has 36 heavy (non-hydrogen) atoms. The number of rotatable bonds is 6. The van der Waals surface area contributed by atoms with E-state index in [4.69, 9.17) is 4.74 Å². The van der Waals surface area contributed by atoms with Crippen LogP contribution in [0.5, 0.6) is 0 Å². The van der Waals surface area contributed by atoms with E-state index in [0.29, 0.717) is 0 Å². The Morgan fingerprint density at radius 1 is 1.17 bits per heavy atom. The summed E-state index contributed by atoms with van der Waals surface area (Å²) < 4.78 is 5.70. The third-order valence-electron chi connectivity index (χ3n) is 7.21. The maximum Gasteiger partial charge on any atom is 0.309 e. The molecule has 2 aliphatic rings. The topological polar surface area (TPSA) is 96.0 Å². The molecule has 1 aliphatic heterocycles. The van der Waals surface area contributed by atoms with Gasteiger partial charge in [-0.05, 0) is 63.6 Å². The second kappa shape index (κ2) is 9.35. The number of H-pyrrole nitrogens is 1. The highest BCUT2D eigenvalue weighted by molar-refractivity contribution is 5.88. The van der Waals surface area contributed by atoms with Crippen LogP contribution in [0.2, 0.25) is 0 Å². The zero-order valence-corrected chi connectivity index (χ0v) is 20.6. The number of nitrogens with zero attached hydrogens (tertiary/aromatic N) is 4. The molecule has 0 radical (unpaired) electrons. The largest absolute Gasteiger partial charge is 0.461 e. The van der Waals surface area contributed by atoms with Gasteiger partial charge >= 0.3 is 5.97 Å². The molecular formula is C28H30N6O2. The zero-order valence-electron chi connectivity index (χ0n) is 20.6. The first-order chi connectivity index (χ1) is 17.5. The van der Waals surface area contributed by atoms with Crippen LogP contribution in [0.25, 0.3) is 33.5 Å². The quantitative estimate of drug-likeness (QED) is 0.393. The number of benzene rings is 1.